The molecule has 1 aliphatic carbocycles. The molecule has 1 saturated carbocycles. The number of carbonyl (C=O) groups is 1. The number of rotatable bonds is 7. The van der Waals surface area contributed by atoms with Crippen molar-refractivity contribution in [3.8, 4) is 22.6 Å². The number of aromatic nitrogens is 4. The Kier molecular flexibility index (Phi) is 5.10. The van der Waals surface area contributed by atoms with Gasteiger partial charge >= 0.3 is 0 Å². The van der Waals surface area contributed by atoms with E-state index in [0.29, 0.717) is 41.2 Å². The van der Waals surface area contributed by atoms with Crippen molar-refractivity contribution in [2.45, 2.75) is 25.3 Å². The van der Waals surface area contributed by atoms with Gasteiger partial charge in [-0.15, -0.1) is 0 Å². The first-order chi connectivity index (χ1) is 15.5. The first kappa shape index (κ1) is 19.9. The molecular weight excluding hydrogens is 407 g/mol. The van der Waals surface area contributed by atoms with Crippen molar-refractivity contribution in [3.05, 3.63) is 83.6 Å². The number of aromatic amines is 1. The number of hydrogen-bond donors (Lipinski definition) is 3. The van der Waals surface area contributed by atoms with Crippen molar-refractivity contribution >= 4 is 11.9 Å². The van der Waals surface area contributed by atoms with Crippen LogP contribution in [0.2, 0.25) is 0 Å². The van der Waals surface area contributed by atoms with Crippen molar-refractivity contribution in [3.63, 3.8) is 0 Å². The molecule has 8 heteroatoms. The maximum absolute atomic E-state index is 13.5. The van der Waals surface area contributed by atoms with E-state index in [1.165, 1.54) is 12.1 Å². The van der Waals surface area contributed by atoms with Crippen molar-refractivity contribution in [1.29, 1.82) is 0 Å². The first-order valence-corrected chi connectivity index (χ1v) is 10.4. The fraction of sp³-hybridized carbons (Fsp3) is 0.167. The van der Waals surface area contributed by atoms with Crippen LogP contribution >= 0.6 is 0 Å². The highest BCUT2D eigenvalue weighted by molar-refractivity contribution is 5.92. The number of hydrogen-bond acceptors (Lipinski definition) is 5. The molecule has 0 bridgehead atoms. The maximum atomic E-state index is 13.5. The molecule has 1 amide bonds. The molecule has 4 aromatic rings. The molecule has 2 aromatic carbocycles. The number of primary amides is 1. The molecule has 32 heavy (non-hydrogen) atoms. The van der Waals surface area contributed by atoms with Crippen LogP contribution in [0.25, 0.3) is 22.6 Å². The molecular formula is C24H21FN6O. The zero-order valence-corrected chi connectivity index (χ0v) is 17.2. The van der Waals surface area contributed by atoms with Crippen molar-refractivity contribution in [1.82, 2.24) is 19.9 Å². The van der Waals surface area contributed by atoms with E-state index in [1.807, 2.05) is 12.1 Å². The summed E-state index contributed by atoms with van der Waals surface area (Å²) in [6, 6.07) is 15.6. The highest BCUT2D eigenvalue weighted by Crippen LogP contribution is 2.31. The Hall–Kier alpha value is -4.07. The van der Waals surface area contributed by atoms with Crippen LogP contribution in [0.5, 0.6) is 0 Å². The summed E-state index contributed by atoms with van der Waals surface area (Å²) >= 11 is 0. The van der Waals surface area contributed by atoms with Gasteiger partial charge in [0.1, 0.15) is 11.6 Å². The lowest BCUT2D eigenvalue weighted by molar-refractivity contribution is 0.1000. The minimum Gasteiger partial charge on any atom is -0.366 e. The molecule has 2 aromatic heterocycles. The Balaban J connectivity index is 1.54. The van der Waals surface area contributed by atoms with E-state index in [4.69, 9.17) is 10.7 Å². The summed E-state index contributed by atoms with van der Waals surface area (Å²) in [6.07, 6.45) is 4.41. The zero-order chi connectivity index (χ0) is 22.1. The molecule has 1 fully saturated rings. The standard InChI is InChI=1S/C24H21FN6O/c25-17-6-4-15(5-7-17)21-22(19-10-11-27-24(29-19)28-18-8-9-18)31-20(30-21)13-14-2-1-3-16(12-14)23(26)32/h1-7,10-12,18H,8-9,13H2,(H2,26,32)(H,30,31)(H,27,28,29). The Morgan fingerprint density at radius 2 is 1.94 bits per heavy atom. The van der Waals surface area contributed by atoms with Gasteiger partial charge in [-0.2, -0.15) is 0 Å². The monoisotopic (exact) mass is 428 g/mol. The van der Waals surface area contributed by atoms with Gasteiger partial charge < -0.3 is 16.0 Å². The number of carbonyl (C=O) groups excluding carboxylic acids is 1. The van der Waals surface area contributed by atoms with Crippen molar-refractivity contribution in [2.24, 2.45) is 5.73 Å². The zero-order valence-electron chi connectivity index (χ0n) is 17.2. The third-order valence-electron chi connectivity index (χ3n) is 5.28. The number of H-pyrrole nitrogens is 1. The molecule has 0 unspecified atom stereocenters. The second kappa shape index (κ2) is 8.22. The number of nitrogens with zero attached hydrogens (tertiary/aromatic N) is 3. The Morgan fingerprint density at radius 1 is 1.12 bits per heavy atom. The normalized spacial score (nSPS) is 13.2. The average Bonchev–Trinajstić information content (AvgIpc) is 3.51. The van der Waals surface area contributed by atoms with Gasteiger partial charge in [-0.05, 0) is 60.9 Å². The number of nitrogens with two attached hydrogens (primary N) is 1. The van der Waals surface area contributed by atoms with Crippen LogP contribution in [0.1, 0.15) is 34.6 Å². The number of anilines is 1. The molecule has 2 heterocycles. The van der Waals surface area contributed by atoms with Crippen LogP contribution in [0.4, 0.5) is 10.3 Å². The van der Waals surface area contributed by atoms with Crippen LogP contribution < -0.4 is 11.1 Å². The lowest BCUT2D eigenvalue weighted by atomic mass is 10.1. The maximum Gasteiger partial charge on any atom is 0.248 e. The Labute approximate surface area is 184 Å². The van der Waals surface area contributed by atoms with E-state index in [-0.39, 0.29) is 5.82 Å². The highest BCUT2D eigenvalue weighted by atomic mass is 19.1. The third-order valence-corrected chi connectivity index (χ3v) is 5.28. The SMILES string of the molecule is NC(=O)c1cccc(Cc2nc(-c3ccc(F)cc3)c(-c3ccnc(NC4CC4)n3)[nH]2)c1. The number of imidazole rings is 1. The molecule has 1 aliphatic rings. The molecule has 5 rings (SSSR count). The van der Waals surface area contributed by atoms with Crippen LogP contribution in [0, 0.1) is 5.82 Å². The summed E-state index contributed by atoms with van der Waals surface area (Å²) in [4.78, 5) is 28.6. The molecule has 7 nitrogen and oxygen atoms in total. The number of amides is 1. The van der Waals surface area contributed by atoms with Crippen LogP contribution in [-0.4, -0.2) is 31.9 Å². The van der Waals surface area contributed by atoms with Gasteiger partial charge in [-0.3, -0.25) is 4.79 Å². The molecule has 4 N–H and O–H groups in total. The molecule has 0 atom stereocenters. The average molecular weight is 428 g/mol. The van der Waals surface area contributed by atoms with Crippen molar-refractivity contribution in [2.75, 3.05) is 5.32 Å². The van der Waals surface area contributed by atoms with E-state index >= 15 is 0 Å². The molecule has 160 valence electrons. The van der Waals surface area contributed by atoms with Gasteiger partial charge in [0.15, 0.2) is 0 Å². The second-order valence-corrected chi connectivity index (χ2v) is 7.84. The first-order valence-electron chi connectivity index (χ1n) is 10.4. The summed E-state index contributed by atoms with van der Waals surface area (Å²) in [5, 5.41) is 3.31. The van der Waals surface area contributed by atoms with Gasteiger partial charge in [0.2, 0.25) is 11.9 Å². The summed E-state index contributed by atoms with van der Waals surface area (Å²) in [5.41, 5.74) is 9.59. The Bertz CT molecular complexity index is 1280. The molecule has 0 spiro atoms. The summed E-state index contributed by atoms with van der Waals surface area (Å²) in [6.45, 7) is 0. The summed E-state index contributed by atoms with van der Waals surface area (Å²) < 4.78 is 13.5. The number of halogens is 1. The highest BCUT2D eigenvalue weighted by Gasteiger charge is 2.22. The number of benzene rings is 2. The fourth-order valence-electron chi connectivity index (χ4n) is 3.51. The van der Waals surface area contributed by atoms with Crippen LogP contribution in [0.15, 0.2) is 60.8 Å². The summed E-state index contributed by atoms with van der Waals surface area (Å²) in [7, 11) is 0. The quantitative estimate of drug-likeness (QED) is 0.413. The minimum absolute atomic E-state index is 0.313. The van der Waals surface area contributed by atoms with Gasteiger partial charge in [-0.1, -0.05) is 12.1 Å². The second-order valence-electron chi connectivity index (χ2n) is 7.84. The molecule has 0 saturated heterocycles. The minimum atomic E-state index is -0.476. The van der Waals surface area contributed by atoms with E-state index in [0.717, 1.165) is 29.7 Å². The van der Waals surface area contributed by atoms with E-state index in [1.54, 1.807) is 36.5 Å². The van der Waals surface area contributed by atoms with Crippen molar-refractivity contribution < 1.29 is 9.18 Å². The smallest absolute Gasteiger partial charge is 0.248 e. The lowest BCUT2D eigenvalue weighted by Crippen LogP contribution is -2.11. The fourth-order valence-corrected chi connectivity index (χ4v) is 3.51. The molecule has 0 radical (unpaired) electrons. The van der Waals surface area contributed by atoms with E-state index < -0.39 is 5.91 Å². The van der Waals surface area contributed by atoms with Gasteiger partial charge in [0.25, 0.3) is 0 Å². The van der Waals surface area contributed by atoms with Crippen LogP contribution in [0.3, 0.4) is 0 Å². The van der Waals surface area contributed by atoms with Crippen LogP contribution in [-0.2, 0) is 6.42 Å². The largest absolute Gasteiger partial charge is 0.366 e. The predicted molar refractivity (Wildman–Crippen MR) is 119 cm³/mol. The Morgan fingerprint density at radius 3 is 2.69 bits per heavy atom. The third kappa shape index (κ3) is 4.34. The van der Waals surface area contributed by atoms with Gasteiger partial charge in [0, 0.05) is 29.8 Å². The molecule has 0 aliphatic heterocycles. The van der Waals surface area contributed by atoms with Gasteiger partial charge in [-0.25, -0.2) is 19.3 Å². The number of nitrogens with one attached hydrogen (secondary N) is 2. The lowest BCUT2D eigenvalue weighted by Gasteiger charge is -2.06. The summed E-state index contributed by atoms with van der Waals surface area (Å²) in [5.74, 6) is 0.472. The van der Waals surface area contributed by atoms with E-state index in [2.05, 4.69) is 20.3 Å². The van der Waals surface area contributed by atoms with E-state index in [9.17, 15) is 9.18 Å². The topological polar surface area (TPSA) is 110 Å². The predicted octanol–water partition coefficient (Wildman–Crippen LogP) is 3.94. The van der Waals surface area contributed by atoms with Gasteiger partial charge in [0.05, 0.1) is 17.1 Å².